The molecule has 0 radical (unpaired) electrons. The van der Waals surface area contributed by atoms with Gasteiger partial charge >= 0.3 is 5.69 Å². The molecule has 1 aromatic heterocycles. The molecular weight excluding hydrogens is 543 g/mol. The quantitative estimate of drug-likeness (QED) is 0.348. The molecule has 1 aliphatic heterocycles. The maximum atomic E-state index is 14.2. The molecule has 2 heterocycles. The van der Waals surface area contributed by atoms with E-state index in [1.165, 1.54) is 30.3 Å². The second kappa shape index (κ2) is 11.5. The van der Waals surface area contributed by atoms with Crippen molar-refractivity contribution in [3.8, 4) is 11.5 Å². The molecule has 3 aromatic carbocycles. The fourth-order valence-electron chi connectivity index (χ4n) is 5.48. The molecule has 2 amide bonds. The maximum Gasteiger partial charge on any atom is 0.332 e. The first-order valence-corrected chi connectivity index (χ1v) is 13.9. The second-order valence-corrected chi connectivity index (χ2v) is 10.5. The van der Waals surface area contributed by atoms with Crippen LogP contribution in [0.2, 0.25) is 0 Å². The number of carbonyl (C=O) groups is 2. The minimum absolute atomic E-state index is 0.0407. The van der Waals surface area contributed by atoms with Gasteiger partial charge in [-0.25, -0.2) is 9.18 Å². The first-order valence-electron chi connectivity index (χ1n) is 13.9. The van der Waals surface area contributed by atoms with Gasteiger partial charge in [0.15, 0.2) is 11.5 Å². The van der Waals surface area contributed by atoms with E-state index in [1.807, 2.05) is 0 Å². The van der Waals surface area contributed by atoms with Crippen LogP contribution in [0.4, 0.5) is 10.1 Å². The van der Waals surface area contributed by atoms with Crippen molar-refractivity contribution in [2.45, 2.75) is 51.2 Å². The monoisotopic (exact) mass is 572 g/mol. The molecule has 6 rings (SSSR count). The molecule has 0 saturated heterocycles. The summed E-state index contributed by atoms with van der Waals surface area (Å²) in [6.07, 6.45) is 5.02. The molecule has 11 heteroatoms. The molecule has 0 unspecified atom stereocenters. The lowest BCUT2D eigenvalue weighted by molar-refractivity contribution is -0.116. The molecule has 4 aromatic rings. The zero-order valence-corrected chi connectivity index (χ0v) is 22.7. The second-order valence-electron chi connectivity index (χ2n) is 10.5. The summed E-state index contributed by atoms with van der Waals surface area (Å²) in [7, 11) is 0. The predicted octanol–water partition coefficient (Wildman–Crippen LogP) is 3.78. The van der Waals surface area contributed by atoms with Crippen LogP contribution >= 0.6 is 0 Å². The van der Waals surface area contributed by atoms with E-state index in [2.05, 4.69) is 10.6 Å². The number of hydrogen-bond acceptors (Lipinski definition) is 6. The minimum Gasteiger partial charge on any atom is -0.454 e. The van der Waals surface area contributed by atoms with Crippen LogP contribution in [0.3, 0.4) is 0 Å². The molecule has 2 N–H and O–H groups in total. The SMILES string of the molecule is O=C(Cn1c(=O)n(Cc2ccc3c(c2)OCO3)c(=O)c2ccc(C(=O)NC3CCCCC3)cc21)Nc1ccccc1F. The molecule has 1 fully saturated rings. The lowest BCUT2D eigenvalue weighted by atomic mass is 9.95. The molecule has 0 atom stereocenters. The third-order valence-corrected chi connectivity index (χ3v) is 7.66. The standard InChI is InChI=1S/C31H29FN4O6/c32-23-8-4-5-9-24(23)34-28(37)17-35-25-15-20(29(38)33-21-6-2-1-3-7-21)11-12-22(25)30(39)36(31(35)40)16-19-10-13-26-27(14-19)42-18-41-26/h4-5,8-15,21H,1-3,6-7,16-18H2,(H,33,38)(H,34,37). The molecule has 42 heavy (non-hydrogen) atoms. The number of aromatic nitrogens is 2. The van der Waals surface area contributed by atoms with Crippen LogP contribution in [0.15, 0.2) is 70.3 Å². The van der Waals surface area contributed by atoms with Crippen molar-refractivity contribution in [1.29, 1.82) is 0 Å². The minimum atomic E-state index is -0.751. The number of rotatable bonds is 7. The average Bonchev–Trinajstić information content (AvgIpc) is 3.47. The van der Waals surface area contributed by atoms with Crippen LogP contribution in [-0.4, -0.2) is 33.8 Å². The average molecular weight is 573 g/mol. The Labute approximate surface area is 239 Å². The molecular formula is C31H29FN4O6. The summed E-state index contributed by atoms with van der Waals surface area (Å²) in [6, 6.07) is 15.3. The Morgan fingerprint density at radius 1 is 0.905 bits per heavy atom. The van der Waals surface area contributed by atoms with Crippen LogP contribution in [0, 0.1) is 5.82 Å². The van der Waals surface area contributed by atoms with E-state index < -0.39 is 29.5 Å². The Morgan fingerprint density at radius 3 is 2.50 bits per heavy atom. The van der Waals surface area contributed by atoms with Gasteiger partial charge in [-0.05, 0) is 60.9 Å². The Hall–Kier alpha value is -4.93. The van der Waals surface area contributed by atoms with Gasteiger partial charge in [0.25, 0.3) is 11.5 Å². The highest BCUT2D eigenvalue weighted by Crippen LogP contribution is 2.32. The number of carbonyl (C=O) groups excluding carboxylic acids is 2. The molecule has 1 aliphatic carbocycles. The van der Waals surface area contributed by atoms with Gasteiger partial charge in [0.05, 0.1) is 23.1 Å². The van der Waals surface area contributed by atoms with Crippen LogP contribution in [0.25, 0.3) is 10.9 Å². The van der Waals surface area contributed by atoms with Gasteiger partial charge in [0, 0.05) is 11.6 Å². The van der Waals surface area contributed by atoms with Gasteiger partial charge in [-0.2, -0.15) is 0 Å². The predicted molar refractivity (Wildman–Crippen MR) is 154 cm³/mol. The Balaban J connectivity index is 1.39. The van der Waals surface area contributed by atoms with E-state index in [4.69, 9.17) is 9.47 Å². The molecule has 1 saturated carbocycles. The van der Waals surface area contributed by atoms with Crippen molar-refractivity contribution in [2.24, 2.45) is 0 Å². The van der Waals surface area contributed by atoms with Gasteiger partial charge in [0.1, 0.15) is 12.4 Å². The Bertz CT molecular complexity index is 1810. The van der Waals surface area contributed by atoms with E-state index in [0.29, 0.717) is 17.1 Å². The first-order chi connectivity index (χ1) is 20.4. The van der Waals surface area contributed by atoms with E-state index in [9.17, 15) is 23.6 Å². The van der Waals surface area contributed by atoms with Crippen molar-refractivity contribution >= 4 is 28.4 Å². The topological polar surface area (TPSA) is 121 Å². The normalized spacial score (nSPS) is 14.6. The summed E-state index contributed by atoms with van der Waals surface area (Å²) in [5.74, 6) is -0.556. The summed E-state index contributed by atoms with van der Waals surface area (Å²) >= 11 is 0. The van der Waals surface area contributed by atoms with Gasteiger partial charge in [-0.15, -0.1) is 0 Å². The third kappa shape index (κ3) is 5.50. The fraction of sp³-hybridized carbons (Fsp3) is 0.290. The highest BCUT2D eigenvalue weighted by molar-refractivity contribution is 5.98. The molecule has 0 spiro atoms. The number of anilines is 1. The van der Waals surface area contributed by atoms with E-state index in [1.54, 1.807) is 30.3 Å². The number of halogens is 1. The number of nitrogens with zero attached hydrogens (tertiary/aromatic N) is 2. The van der Waals surface area contributed by atoms with Crippen LogP contribution in [0.5, 0.6) is 11.5 Å². The zero-order valence-electron chi connectivity index (χ0n) is 22.7. The summed E-state index contributed by atoms with van der Waals surface area (Å²) in [5, 5.41) is 5.68. The van der Waals surface area contributed by atoms with Crippen molar-refractivity contribution in [3.05, 3.63) is 98.4 Å². The van der Waals surface area contributed by atoms with Gasteiger partial charge < -0.3 is 20.1 Å². The van der Waals surface area contributed by atoms with Crippen molar-refractivity contribution in [2.75, 3.05) is 12.1 Å². The van der Waals surface area contributed by atoms with E-state index >= 15 is 0 Å². The fourth-order valence-corrected chi connectivity index (χ4v) is 5.48. The molecule has 0 bridgehead atoms. The number of fused-ring (bicyclic) bond motifs is 2. The van der Waals surface area contributed by atoms with Crippen LogP contribution < -0.4 is 31.4 Å². The Morgan fingerprint density at radius 2 is 1.69 bits per heavy atom. The maximum absolute atomic E-state index is 14.2. The largest absolute Gasteiger partial charge is 0.454 e. The molecule has 10 nitrogen and oxygen atoms in total. The van der Waals surface area contributed by atoms with Crippen molar-refractivity contribution < 1.29 is 23.5 Å². The lowest BCUT2D eigenvalue weighted by Gasteiger charge is -2.23. The summed E-state index contributed by atoms with van der Waals surface area (Å²) < 4.78 is 27.2. The van der Waals surface area contributed by atoms with E-state index in [0.717, 1.165) is 41.2 Å². The third-order valence-electron chi connectivity index (χ3n) is 7.66. The first kappa shape index (κ1) is 27.3. The van der Waals surface area contributed by atoms with Gasteiger partial charge in [-0.3, -0.25) is 23.5 Å². The number of amides is 2. The number of hydrogen-bond donors (Lipinski definition) is 2. The zero-order chi connectivity index (χ0) is 29.2. The number of benzene rings is 3. The highest BCUT2D eigenvalue weighted by Gasteiger charge is 2.21. The number of nitrogens with one attached hydrogen (secondary N) is 2. The van der Waals surface area contributed by atoms with E-state index in [-0.39, 0.29) is 47.4 Å². The van der Waals surface area contributed by atoms with Crippen LogP contribution in [0.1, 0.15) is 48.0 Å². The van der Waals surface area contributed by atoms with Gasteiger partial charge in [-0.1, -0.05) is 37.5 Å². The summed E-state index contributed by atoms with van der Waals surface area (Å²) in [6.45, 7) is -0.531. The van der Waals surface area contributed by atoms with Gasteiger partial charge in [0.2, 0.25) is 12.7 Å². The van der Waals surface area contributed by atoms with Crippen molar-refractivity contribution in [1.82, 2.24) is 14.5 Å². The number of ether oxygens (including phenoxy) is 2. The van der Waals surface area contributed by atoms with Crippen LogP contribution in [-0.2, 0) is 17.9 Å². The highest BCUT2D eigenvalue weighted by atomic mass is 19.1. The van der Waals surface area contributed by atoms with Crippen molar-refractivity contribution in [3.63, 3.8) is 0 Å². The summed E-state index contributed by atoms with van der Waals surface area (Å²) in [4.78, 5) is 53.6. The Kier molecular flexibility index (Phi) is 7.47. The lowest BCUT2D eigenvalue weighted by Crippen LogP contribution is -2.42. The molecule has 216 valence electrons. The number of para-hydroxylation sites is 1. The smallest absolute Gasteiger partial charge is 0.332 e. The summed E-state index contributed by atoms with van der Waals surface area (Å²) in [5.41, 5.74) is -0.350. The molecule has 2 aliphatic rings.